The third kappa shape index (κ3) is 6.45. The number of aryl methyl sites for hydroxylation is 1. The molecule has 24 heavy (non-hydrogen) atoms. The number of amides is 2. The van der Waals surface area contributed by atoms with E-state index in [4.69, 9.17) is 0 Å². The molecule has 0 radical (unpaired) electrons. The van der Waals surface area contributed by atoms with Gasteiger partial charge in [0, 0.05) is 25.1 Å². The molecule has 1 aromatic carbocycles. The van der Waals surface area contributed by atoms with Crippen LogP contribution in [0.5, 0.6) is 0 Å². The fourth-order valence-corrected chi connectivity index (χ4v) is 2.60. The van der Waals surface area contributed by atoms with Gasteiger partial charge in [0.05, 0.1) is 0 Å². The van der Waals surface area contributed by atoms with Crippen LogP contribution in [0.2, 0.25) is 0 Å². The van der Waals surface area contributed by atoms with Crippen molar-refractivity contribution < 1.29 is 14.0 Å². The molecule has 1 aliphatic rings. The van der Waals surface area contributed by atoms with Crippen LogP contribution in [0.25, 0.3) is 0 Å². The van der Waals surface area contributed by atoms with Gasteiger partial charge in [-0.1, -0.05) is 6.07 Å². The number of benzene rings is 1. The van der Waals surface area contributed by atoms with Gasteiger partial charge in [-0.15, -0.1) is 12.4 Å². The van der Waals surface area contributed by atoms with Crippen LogP contribution in [0.4, 0.5) is 4.39 Å². The lowest BCUT2D eigenvalue weighted by Crippen LogP contribution is -2.34. The van der Waals surface area contributed by atoms with Crippen LogP contribution in [0.15, 0.2) is 18.2 Å². The van der Waals surface area contributed by atoms with Crippen LogP contribution in [0.3, 0.4) is 0 Å². The molecule has 0 bridgehead atoms. The first kappa shape index (κ1) is 20.4. The molecule has 1 saturated heterocycles. The van der Waals surface area contributed by atoms with Crippen molar-refractivity contribution in [2.45, 2.75) is 26.2 Å². The highest BCUT2D eigenvalue weighted by Gasteiger charge is 2.15. The van der Waals surface area contributed by atoms with Crippen LogP contribution >= 0.6 is 12.4 Å². The lowest BCUT2D eigenvalue weighted by atomic mass is 10.0. The Morgan fingerprint density at radius 2 is 2.04 bits per heavy atom. The number of halogens is 2. The zero-order chi connectivity index (χ0) is 16.7. The summed E-state index contributed by atoms with van der Waals surface area (Å²) in [6, 6.07) is 4.38. The van der Waals surface area contributed by atoms with Gasteiger partial charge in [-0.25, -0.2) is 4.39 Å². The summed E-state index contributed by atoms with van der Waals surface area (Å²) in [5.41, 5.74) is 0.791. The maximum absolute atomic E-state index is 13.4. The molecule has 1 aliphatic heterocycles. The molecular formula is C17H25ClFN3O2. The Balaban J connectivity index is 0.00000288. The van der Waals surface area contributed by atoms with E-state index in [0.717, 1.165) is 25.9 Å². The first-order chi connectivity index (χ1) is 11.1. The number of carbonyl (C=O) groups excluding carboxylic acids is 2. The van der Waals surface area contributed by atoms with Gasteiger partial charge in [0.2, 0.25) is 5.91 Å². The fourth-order valence-electron chi connectivity index (χ4n) is 2.60. The number of hydrogen-bond acceptors (Lipinski definition) is 3. The highest BCUT2D eigenvalue weighted by Crippen LogP contribution is 2.13. The second kappa shape index (κ2) is 10.3. The van der Waals surface area contributed by atoms with Crippen molar-refractivity contribution in [2.75, 3.05) is 26.2 Å². The first-order valence-corrected chi connectivity index (χ1v) is 8.08. The Kier molecular flexibility index (Phi) is 8.71. The first-order valence-electron chi connectivity index (χ1n) is 8.08. The molecule has 2 rings (SSSR count). The maximum Gasteiger partial charge on any atom is 0.251 e. The second-order valence-corrected chi connectivity index (χ2v) is 5.97. The van der Waals surface area contributed by atoms with Gasteiger partial charge in [-0.2, -0.15) is 0 Å². The van der Waals surface area contributed by atoms with Crippen molar-refractivity contribution in [3.8, 4) is 0 Å². The Hall–Kier alpha value is -1.66. The molecule has 1 unspecified atom stereocenters. The van der Waals surface area contributed by atoms with Gasteiger partial charge < -0.3 is 16.0 Å². The number of hydrogen-bond donors (Lipinski definition) is 3. The summed E-state index contributed by atoms with van der Waals surface area (Å²) in [6.07, 6.45) is 2.55. The number of rotatable bonds is 7. The van der Waals surface area contributed by atoms with E-state index in [1.807, 2.05) is 0 Å². The van der Waals surface area contributed by atoms with Crippen molar-refractivity contribution in [1.29, 1.82) is 0 Å². The molecule has 0 spiro atoms. The smallest absolute Gasteiger partial charge is 0.251 e. The van der Waals surface area contributed by atoms with E-state index in [1.165, 1.54) is 6.07 Å². The Morgan fingerprint density at radius 1 is 1.29 bits per heavy atom. The highest BCUT2D eigenvalue weighted by molar-refractivity contribution is 5.94. The lowest BCUT2D eigenvalue weighted by molar-refractivity contribution is -0.121. The molecule has 1 aromatic rings. The second-order valence-electron chi connectivity index (χ2n) is 5.97. The van der Waals surface area contributed by atoms with Gasteiger partial charge in [-0.05, 0) is 56.5 Å². The largest absolute Gasteiger partial charge is 0.354 e. The fraction of sp³-hybridized carbons (Fsp3) is 0.529. The molecule has 0 aromatic heterocycles. The molecule has 0 saturated carbocycles. The molecule has 2 amide bonds. The quantitative estimate of drug-likeness (QED) is 0.652. The molecule has 1 heterocycles. The Bertz CT molecular complexity index is 563. The van der Waals surface area contributed by atoms with E-state index < -0.39 is 5.82 Å². The minimum absolute atomic E-state index is 0. The zero-order valence-corrected chi connectivity index (χ0v) is 14.7. The van der Waals surface area contributed by atoms with E-state index in [0.29, 0.717) is 31.0 Å². The molecule has 1 fully saturated rings. The standard InChI is InChI=1S/C17H24FN3O2.ClH/c1-12-2-4-14(10-15(12)18)17(23)21-9-8-20-16(22)5-3-13-6-7-19-11-13;/h2,4,10,13,19H,3,5-9,11H2,1H3,(H,20,22)(H,21,23);1H. The molecule has 0 aliphatic carbocycles. The monoisotopic (exact) mass is 357 g/mol. The summed E-state index contributed by atoms with van der Waals surface area (Å²) < 4.78 is 13.4. The molecule has 1 atom stereocenters. The van der Waals surface area contributed by atoms with Crippen molar-refractivity contribution in [3.05, 3.63) is 35.1 Å². The molecule has 134 valence electrons. The molecule has 3 N–H and O–H groups in total. The van der Waals surface area contributed by atoms with Crippen molar-refractivity contribution in [3.63, 3.8) is 0 Å². The summed E-state index contributed by atoms with van der Waals surface area (Å²) >= 11 is 0. The van der Waals surface area contributed by atoms with Crippen LogP contribution in [0, 0.1) is 18.7 Å². The average Bonchev–Trinajstić information content (AvgIpc) is 3.05. The van der Waals surface area contributed by atoms with Crippen LogP contribution < -0.4 is 16.0 Å². The summed E-state index contributed by atoms with van der Waals surface area (Å²) in [5.74, 6) is -0.132. The van der Waals surface area contributed by atoms with Crippen molar-refractivity contribution in [1.82, 2.24) is 16.0 Å². The van der Waals surface area contributed by atoms with Gasteiger partial charge >= 0.3 is 0 Å². The lowest BCUT2D eigenvalue weighted by Gasteiger charge is -2.09. The number of nitrogens with one attached hydrogen (secondary N) is 3. The highest BCUT2D eigenvalue weighted by atomic mass is 35.5. The third-order valence-corrected chi connectivity index (χ3v) is 4.11. The topological polar surface area (TPSA) is 70.2 Å². The molecular weight excluding hydrogens is 333 g/mol. The van der Waals surface area contributed by atoms with Gasteiger partial charge in [-0.3, -0.25) is 9.59 Å². The van der Waals surface area contributed by atoms with Crippen LogP contribution in [-0.2, 0) is 4.79 Å². The summed E-state index contributed by atoms with van der Waals surface area (Å²) in [5, 5.41) is 8.73. The van der Waals surface area contributed by atoms with Crippen LogP contribution in [-0.4, -0.2) is 38.0 Å². The van der Waals surface area contributed by atoms with E-state index in [9.17, 15) is 14.0 Å². The normalized spacial score (nSPS) is 16.3. The Labute approximate surface area is 148 Å². The van der Waals surface area contributed by atoms with Crippen molar-refractivity contribution >= 4 is 24.2 Å². The predicted octanol–water partition coefficient (Wildman–Crippen LogP) is 1.79. The minimum atomic E-state index is -0.396. The zero-order valence-electron chi connectivity index (χ0n) is 13.9. The van der Waals surface area contributed by atoms with E-state index in [2.05, 4.69) is 16.0 Å². The SMILES string of the molecule is Cc1ccc(C(=O)NCCNC(=O)CCC2CCNC2)cc1F.Cl. The van der Waals surface area contributed by atoms with Gasteiger partial charge in [0.15, 0.2) is 0 Å². The Morgan fingerprint density at radius 3 is 2.71 bits per heavy atom. The summed E-state index contributed by atoms with van der Waals surface area (Å²) in [4.78, 5) is 23.6. The van der Waals surface area contributed by atoms with E-state index in [1.54, 1.807) is 19.1 Å². The minimum Gasteiger partial charge on any atom is -0.354 e. The third-order valence-electron chi connectivity index (χ3n) is 4.11. The summed E-state index contributed by atoms with van der Waals surface area (Å²) in [7, 11) is 0. The predicted molar refractivity (Wildman–Crippen MR) is 93.9 cm³/mol. The summed E-state index contributed by atoms with van der Waals surface area (Å²) in [6.45, 7) is 4.38. The molecule has 7 heteroatoms. The number of carbonyl (C=O) groups is 2. The average molecular weight is 358 g/mol. The van der Waals surface area contributed by atoms with Gasteiger partial charge in [0.25, 0.3) is 5.91 Å². The maximum atomic E-state index is 13.4. The van der Waals surface area contributed by atoms with E-state index in [-0.39, 0.29) is 29.8 Å². The van der Waals surface area contributed by atoms with Crippen LogP contribution in [0.1, 0.15) is 35.2 Å². The van der Waals surface area contributed by atoms with Crippen molar-refractivity contribution in [2.24, 2.45) is 5.92 Å². The van der Waals surface area contributed by atoms with E-state index >= 15 is 0 Å². The van der Waals surface area contributed by atoms with Gasteiger partial charge in [0.1, 0.15) is 5.82 Å². The molecule has 5 nitrogen and oxygen atoms in total.